The summed E-state index contributed by atoms with van der Waals surface area (Å²) in [6.45, 7) is 4.53. The average Bonchev–Trinajstić information content (AvgIpc) is 3.23. The first-order chi connectivity index (χ1) is 11.5. The Hall–Kier alpha value is -2.45. The molecule has 0 bridgehead atoms. The molecule has 0 aliphatic carbocycles. The number of benzene rings is 1. The van der Waals surface area contributed by atoms with E-state index < -0.39 is 10.0 Å². The molecule has 0 aliphatic rings. The van der Waals surface area contributed by atoms with Crippen molar-refractivity contribution in [2.24, 2.45) is 0 Å². The summed E-state index contributed by atoms with van der Waals surface area (Å²) in [7, 11) is -3.58. The van der Waals surface area contributed by atoms with E-state index >= 15 is 0 Å². The number of hydrogen-bond acceptors (Lipinski definition) is 4. The van der Waals surface area contributed by atoms with Gasteiger partial charge in [0.2, 0.25) is 10.0 Å². The van der Waals surface area contributed by atoms with Gasteiger partial charge in [-0.2, -0.15) is 10.2 Å². The minimum atomic E-state index is -3.58. The molecule has 1 aromatic carbocycles. The summed E-state index contributed by atoms with van der Waals surface area (Å²) >= 11 is 0. The van der Waals surface area contributed by atoms with Crippen LogP contribution in [0.1, 0.15) is 18.2 Å². The number of hydrogen-bond donors (Lipinski definition) is 1. The Morgan fingerprint density at radius 3 is 2.50 bits per heavy atom. The van der Waals surface area contributed by atoms with Crippen molar-refractivity contribution in [3.05, 3.63) is 60.2 Å². The van der Waals surface area contributed by atoms with Gasteiger partial charge in [-0.1, -0.05) is 12.1 Å². The van der Waals surface area contributed by atoms with Crippen LogP contribution < -0.4 is 4.72 Å². The fourth-order valence-electron chi connectivity index (χ4n) is 2.46. The maximum atomic E-state index is 12.4. The van der Waals surface area contributed by atoms with Gasteiger partial charge in [0.15, 0.2) is 0 Å². The van der Waals surface area contributed by atoms with Crippen molar-refractivity contribution >= 4 is 10.0 Å². The van der Waals surface area contributed by atoms with Crippen LogP contribution >= 0.6 is 0 Å². The van der Waals surface area contributed by atoms with Gasteiger partial charge in [-0.3, -0.25) is 4.68 Å². The fraction of sp³-hybridized carbons (Fsp3) is 0.250. The van der Waals surface area contributed by atoms with Gasteiger partial charge in [0.1, 0.15) is 4.90 Å². The van der Waals surface area contributed by atoms with Crippen LogP contribution in [0.2, 0.25) is 0 Å². The molecule has 0 saturated heterocycles. The number of sulfonamides is 1. The van der Waals surface area contributed by atoms with Crippen molar-refractivity contribution in [3.8, 4) is 5.69 Å². The molecule has 0 amide bonds. The highest BCUT2D eigenvalue weighted by Crippen LogP contribution is 2.15. The van der Waals surface area contributed by atoms with E-state index in [1.807, 2.05) is 43.5 Å². The normalized spacial score (nSPS) is 11.8. The van der Waals surface area contributed by atoms with Crippen molar-refractivity contribution in [1.29, 1.82) is 0 Å². The van der Waals surface area contributed by atoms with Crippen LogP contribution in [0.4, 0.5) is 0 Å². The Kier molecular flexibility index (Phi) is 4.50. The summed E-state index contributed by atoms with van der Waals surface area (Å²) < 4.78 is 30.9. The van der Waals surface area contributed by atoms with E-state index in [1.165, 1.54) is 6.20 Å². The van der Waals surface area contributed by atoms with Crippen LogP contribution in [-0.2, 0) is 23.1 Å². The van der Waals surface area contributed by atoms with Crippen molar-refractivity contribution < 1.29 is 8.42 Å². The van der Waals surface area contributed by atoms with Gasteiger partial charge in [0.05, 0.1) is 17.6 Å². The van der Waals surface area contributed by atoms with Gasteiger partial charge in [0.25, 0.3) is 0 Å². The molecule has 126 valence electrons. The lowest BCUT2D eigenvalue weighted by molar-refractivity contribution is 0.579. The van der Waals surface area contributed by atoms with Crippen LogP contribution in [0.3, 0.4) is 0 Å². The van der Waals surface area contributed by atoms with Crippen molar-refractivity contribution in [2.75, 3.05) is 0 Å². The molecule has 0 unspecified atom stereocenters. The maximum Gasteiger partial charge on any atom is 0.244 e. The Morgan fingerprint density at radius 1 is 1.17 bits per heavy atom. The average molecular weight is 345 g/mol. The smallest absolute Gasteiger partial charge is 0.244 e. The molecule has 0 spiro atoms. The molecule has 7 nitrogen and oxygen atoms in total. The van der Waals surface area contributed by atoms with Gasteiger partial charge < -0.3 is 0 Å². The lowest BCUT2D eigenvalue weighted by Crippen LogP contribution is -2.23. The lowest BCUT2D eigenvalue weighted by atomic mass is 10.2. The summed E-state index contributed by atoms with van der Waals surface area (Å²) in [5.74, 6) is 0. The van der Waals surface area contributed by atoms with E-state index in [9.17, 15) is 8.42 Å². The Bertz CT molecular complexity index is 912. The summed E-state index contributed by atoms with van der Waals surface area (Å²) in [6, 6.07) is 9.40. The van der Waals surface area contributed by atoms with Gasteiger partial charge in [-0.25, -0.2) is 17.8 Å². The maximum absolute atomic E-state index is 12.4. The molecule has 3 aromatic rings. The van der Waals surface area contributed by atoms with Crippen LogP contribution in [-0.4, -0.2) is 28.0 Å². The molecule has 1 N–H and O–H groups in total. The number of nitrogens with one attached hydrogen (secondary N) is 1. The zero-order valence-electron chi connectivity index (χ0n) is 13.5. The second-order valence-corrected chi connectivity index (χ2v) is 7.09. The quantitative estimate of drug-likeness (QED) is 0.739. The largest absolute Gasteiger partial charge is 0.269 e. The zero-order valence-corrected chi connectivity index (χ0v) is 14.4. The van der Waals surface area contributed by atoms with E-state index in [0.29, 0.717) is 12.2 Å². The predicted molar refractivity (Wildman–Crippen MR) is 90.2 cm³/mol. The summed E-state index contributed by atoms with van der Waals surface area (Å²) in [5, 5.41) is 8.24. The van der Waals surface area contributed by atoms with E-state index in [2.05, 4.69) is 14.9 Å². The van der Waals surface area contributed by atoms with E-state index in [-0.39, 0.29) is 11.4 Å². The van der Waals surface area contributed by atoms with E-state index in [1.54, 1.807) is 22.5 Å². The molecule has 0 atom stereocenters. The molecule has 3 rings (SSSR count). The van der Waals surface area contributed by atoms with Crippen LogP contribution in [0.25, 0.3) is 5.69 Å². The molecule has 8 heteroatoms. The van der Waals surface area contributed by atoms with Gasteiger partial charge in [-0.05, 0) is 37.6 Å². The fourth-order valence-corrected chi connectivity index (χ4v) is 3.65. The predicted octanol–water partition coefficient (Wildman–Crippen LogP) is 1.88. The minimum absolute atomic E-state index is 0.220. The minimum Gasteiger partial charge on any atom is -0.269 e. The second-order valence-electron chi connectivity index (χ2n) is 5.35. The highest BCUT2D eigenvalue weighted by Gasteiger charge is 2.20. The zero-order chi connectivity index (χ0) is 17.2. The van der Waals surface area contributed by atoms with E-state index in [0.717, 1.165) is 11.3 Å². The Labute approximate surface area is 141 Å². The number of aromatic nitrogens is 4. The first kappa shape index (κ1) is 16.4. The van der Waals surface area contributed by atoms with E-state index in [4.69, 9.17) is 0 Å². The third-order valence-electron chi connectivity index (χ3n) is 3.82. The summed E-state index contributed by atoms with van der Waals surface area (Å²) in [6.07, 6.45) is 4.95. The molecule has 0 saturated carbocycles. The number of aryl methyl sites for hydroxylation is 1. The summed E-state index contributed by atoms with van der Waals surface area (Å²) in [4.78, 5) is 0.220. The van der Waals surface area contributed by atoms with Crippen LogP contribution in [0.5, 0.6) is 0 Å². The SMILES string of the molecule is CCn1ncc(S(=O)(=O)NCc2ccc(-n3cccn3)cc2)c1C. The Balaban J connectivity index is 1.71. The highest BCUT2D eigenvalue weighted by atomic mass is 32.2. The van der Waals surface area contributed by atoms with Crippen molar-refractivity contribution in [3.63, 3.8) is 0 Å². The molecule has 24 heavy (non-hydrogen) atoms. The number of nitrogens with zero attached hydrogens (tertiary/aromatic N) is 4. The van der Waals surface area contributed by atoms with Gasteiger partial charge in [-0.15, -0.1) is 0 Å². The first-order valence-electron chi connectivity index (χ1n) is 7.62. The monoisotopic (exact) mass is 345 g/mol. The standard InChI is InChI=1S/C16H19N5O2S/c1-3-20-13(2)16(12-18-20)24(22,23)19-11-14-5-7-15(8-6-14)21-10-4-9-17-21/h4-10,12,19H,3,11H2,1-2H3. The van der Waals surface area contributed by atoms with Crippen LogP contribution in [0, 0.1) is 6.92 Å². The lowest BCUT2D eigenvalue weighted by Gasteiger charge is -2.08. The van der Waals surface area contributed by atoms with Gasteiger partial charge in [0, 0.05) is 25.5 Å². The molecule has 0 radical (unpaired) electrons. The molecule has 0 fully saturated rings. The second kappa shape index (κ2) is 6.58. The third-order valence-corrected chi connectivity index (χ3v) is 5.32. The summed E-state index contributed by atoms with van der Waals surface area (Å²) in [5.41, 5.74) is 2.43. The third kappa shape index (κ3) is 3.24. The Morgan fingerprint density at radius 2 is 1.92 bits per heavy atom. The first-order valence-corrected chi connectivity index (χ1v) is 9.10. The number of rotatable bonds is 6. The van der Waals surface area contributed by atoms with Crippen LogP contribution in [0.15, 0.2) is 53.8 Å². The highest BCUT2D eigenvalue weighted by molar-refractivity contribution is 7.89. The van der Waals surface area contributed by atoms with Crippen molar-refractivity contribution in [2.45, 2.75) is 31.8 Å². The molecule has 2 aromatic heterocycles. The molecule has 2 heterocycles. The molecular formula is C16H19N5O2S. The van der Waals surface area contributed by atoms with Gasteiger partial charge >= 0.3 is 0 Å². The molecular weight excluding hydrogens is 326 g/mol. The molecule has 0 aliphatic heterocycles. The topological polar surface area (TPSA) is 81.8 Å². The van der Waals surface area contributed by atoms with Crippen molar-refractivity contribution in [1.82, 2.24) is 24.3 Å².